The molecule has 0 radical (unpaired) electrons. The number of aromatic nitrogens is 4. The van der Waals surface area contributed by atoms with Crippen LogP contribution < -0.4 is 15.1 Å². The predicted octanol–water partition coefficient (Wildman–Crippen LogP) is 4.72. The number of likely N-dealkylation sites (N-methyl/N-ethyl adjacent to an activating group) is 1. The number of nitrogens with one attached hydrogen (secondary N) is 2. The van der Waals surface area contributed by atoms with Crippen molar-refractivity contribution in [3.8, 4) is 11.1 Å². The van der Waals surface area contributed by atoms with Crippen molar-refractivity contribution in [2.45, 2.75) is 70.9 Å². The van der Waals surface area contributed by atoms with Gasteiger partial charge >= 0.3 is 5.97 Å². The number of carbonyl (C=O) groups is 2. The van der Waals surface area contributed by atoms with Crippen LogP contribution in [0.15, 0.2) is 47.9 Å². The first kappa shape index (κ1) is 36.4. The fourth-order valence-corrected chi connectivity index (χ4v) is 8.68. The molecule has 1 saturated carbocycles. The zero-order valence-electron chi connectivity index (χ0n) is 30.6. The lowest BCUT2D eigenvalue weighted by Gasteiger charge is -2.61. The monoisotopic (exact) mass is 730 g/mol. The van der Waals surface area contributed by atoms with Gasteiger partial charge in [0.25, 0.3) is 6.43 Å². The normalized spacial score (nSPS) is 19.4. The van der Waals surface area contributed by atoms with Gasteiger partial charge in [-0.25, -0.2) is 13.6 Å². The molecule has 1 spiro atoms. The van der Waals surface area contributed by atoms with E-state index in [-0.39, 0.29) is 35.1 Å². The number of halogens is 2. The highest BCUT2D eigenvalue weighted by Gasteiger charge is 2.54. The summed E-state index contributed by atoms with van der Waals surface area (Å²) in [5, 5.41) is 34.5. The van der Waals surface area contributed by atoms with E-state index in [0.717, 1.165) is 80.9 Å². The molecule has 0 unspecified atom stereocenters. The summed E-state index contributed by atoms with van der Waals surface area (Å²) in [5.41, 5.74) is 4.34. The third-order valence-corrected chi connectivity index (χ3v) is 11.6. The number of rotatable bonds is 12. The first-order valence-electron chi connectivity index (χ1n) is 18.6. The number of amidine groups is 1. The largest absolute Gasteiger partial charge is 0.476 e. The number of carboxylic acids is 1. The van der Waals surface area contributed by atoms with E-state index in [1.807, 2.05) is 19.9 Å². The Labute approximate surface area is 308 Å². The number of benzene rings is 1. The Morgan fingerprint density at radius 1 is 1.15 bits per heavy atom. The fraction of sp³-hybridized carbons (Fsp3) is 0.526. The van der Waals surface area contributed by atoms with Crippen LogP contribution in [-0.4, -0.2) is 111 Å². The summed E-state index contributed by atoms with van der Waals surface area (Å²) in [5.74, 6) is -0.132. The lowest BCUT2D eigenvalue weighted by molar-refractivity contribution is -0.117. The topological polar surface area (TPSA) is 147 Å². The molecule has 282 valence electrons. The predicted molar refractivity (Wildman–Crippen MR) is 197 cm³/mol. The molecule has 3 N–H and O–H groups in total. The Hall–Kier alpha value is -4.92. The van der Waals surface area contributed by atoms with Gasteiger partial charge in [-0.05, 0) is 74.4 Å². The van der Waals surface area contributed by atoms with Crippen LogP contribution in [0.4, 0.5) is 20.3 Å². The van der Waals surface area contributed by atoms with Gasteiger partial charge in [0.05, 0.1) is 12.7 Å². The molecular weight excluding hydrogens is 682 g/mol. The number of anilines is 2. The maximum Gasteiger partial charge on any atom is 0.356 e. The van der Waals surface area contributed by atoms with Crippen LogP contribution in [0.5, 0.6) is 0 Å². The highest BCUT2D eigenvalue weighted by molar-refractivity contribution is 6.09. The van der Waals surface area contributed by atoms with Crippen molar-refractivity contribution in [1.29, 1.82) is 5.41 Å². The first-order valence-corrected chi connectivity index (χ1v) is 18.6. The summed E-state index contributed by atoms with van der Waals surface area (Å²) in [6.45, 7) is 8.94. The minimum atomic E-state index is -2.71. The Bertz CT molecular complexity index is 1870. The smallest absolute Gasteiger partial charge is 0.356 e. The van der Waals surface area contributed by atoms with Crippen molar-refractivity contribution in [1.82, 2.24) is 35.1 Å². The van der Waals surface area contributed by atoms with E-state index in [9.17, 15) is 23.8 Å². The van der Waals surface area contributed by atoms with Crippen LogP contribution in [0.2, 0.25) is 0 Å². The number of carboxylic acid groups (broad SMARTS) is 1. The molecule has 0 bridgehead atoms. The summed E-state index contributed by atoms with van der Waals surface area (Å²) >= 11 is 0. The third kappa shape index (κ3) is 7.22. The van der Waals surface area contributed by atoms with Crippen molar-refractivity contribution in [3.63, 3.8) is 0 Å². The number of likely N-dealkylation sites (tertiary alicyclic amines) is 1. The van der Waals surface area contributed by atoms with Crippen molar-refractivity contribution < 1.29 is 23.5 Å². The molecule has 1 aromatic carbocycles. The van der Waals surface area contributed by atoms with E-state index in [4.69, 9.17) is 5.11 Å². The van der Waals surface area contributed by atoms with Crippen molar-refractivity contribution >= 4 is 29.7 Å². The number of piperidine rings is 1. The molecule has 4 aliphatic rings. The van der Waals surface area contributed by atoms with Gasteiger partial charge in [-0.15, -0.1) is 10.2 Å². The standard InChI is InChI=1S/C38H48F2N10O3/c1-4-24-14-28(25-18-42-46(3)19-25)29(35(39)40)15-33(24)50(5-2)36(41)30-20-47(23-51)11-10-31(30)43-26-8-12-48(13-9-26)27-16-38(17-27)21-49(22-38)34-7-6-32(37(52)53)44-45-34/h6-7,14-15,18-19,23,26-27,35,41,43H,4-5,8-13,16-17,20-22H2,1-3H3,(H,52,53). The molecule has 2 aromatic heterocycles. The Morgan fingerprint density at radius 2 is 1.91 bits per heavy atom. The van der Waals surface area contributed by atoms with Crippen LogP contribution in [0.25, 0.3) is 11.1 Å². The van der Waals surface area contributed by atoms with Crippen molar-refractivity contribution in [3.05, 3.63) is 64.8 Å². The second kappa shape index (κ2) is 14.8. The minimum Gasteiger partial charge on any atom is -0.476 e. The molecule has 15 heteroatoms. The second-order valence-electron chi connectivity index (χ2n) is 15.0. The average Bonchev–Trinajstić information content (AvgIpc) is 3.57. The van der Waals surface area contributed by atoms with Crippen LogP contribution >= 0.6 is 0 Å². The van der Waals surface area contributed by atoms with Crippen LogP contribution in [0.1, 0.15) is 74.0 Å². The molecule has 1 amide bonds. The number of hydrogen-bond donors (Lipinski definition) is 3. The molecule has 13 nitrogen and oxygen atoms in total. The van der Waals surface area contributed by atoms with E-state index in [1.54, 1.807) is 40.0 Å². The number of aryl methyl sites for hydroxylation is 2. The summed E-state index contributed by atoms with van der Waals surface area (Å²) in [7, 11) is 1.76. The molecule has 3 aliphatic heterocycles. The van der Waals surface area contributed by atoms with Crippen LogP contribution in [0, 0.1) is 10.8 Å². The number of aromatic carboxylic acids is 1. The Morgan fingerprint density at radius 3 is 2.49 bits per heavy atom. The van der Waals surface area contributed by atoms with E-state index >= 15 is 0 Å². The lowest BCUT2D eigenvalue weighted by atomic mass is 9.60. The van der Waals surface area contributed by atoms with Gasteiger partial charge in [-0.3, -0.25) is 14.9 Å². The number of alkyl halides is 2. The quantitative estimate of drug-likeness (QED) is 0.136. The summed E-state index contributed by atoms with van der Waals surface area (Å²) in [4.78, 5) is 31.3. The van der Waals surface area contributed by atoms with E-state index < -0.39 is 12.4 Å². The first-order chi connectivity index (χ1) is 25.5. The highest BCUT2D eigenvalue weighted by Crippen LogP contribution is 2.51. The molecule has 2 saturated heterocycles. The Kier molecular flexibility index (Phi) is 10.2. The van der Waals surface area contributed by atoms with E-state index in [0.29, 0.717) is 48.8 Å². The van der Waals surface area contributed by atoms with Crippen LogP contribution in [0.3, 0.4) is 0 Å². The number of amides is 1. The minimum absolute atomic E-state index is 0.0507. The molecule has 5 heterocycles. The average molecular weight is 731 g/mol. The zero-order valence-corrected chi connectivity index (χ0v) is 30.6. The third-order valence-electron chi connectivity index (χ3n) is 11.6. The summed E-state index contributed by atoms with van der Waals surface area (Å²) < 4.78 is 30.7. The SMILES string of the molecule is CCc1cc(-c2cnn(C)c2)c(C(F)F)cc1N(CC)C(=N)C1=C(NC2CCN(C3CC4(C3)CN(c3ccc(C(=O)O)nn3)C4)CC2)CCN(C=O)C1. The zero-order chi connectivity index (χ0) is 37.4. The van der Waals surface area contributed by atoms with Crippen molar-refractivity contribution in [2.75, 3.05) is 55.6 Å². The van der Waals surface area contributed by atoms with Gasteiger partial charge < -0.3 is 30.0 Å². The molecule has 0 atom stereocenters. The fourth-order valence-electron chi connectivity index (χ4n) is 8.68. The van der Waals surface area contributed by atoms with Gasteiger partial charge in [-0.2, -0.15) is 5.10 Å². The maximum atomic E-state index is 14.6. The Balaban J connectivity index is 1.01. The summed E-state index contributed by atoms with van der Waals surface area (Å²) in [6, 6.07) is 7.36. The molecule has 3 aromatic rings. The van der Waals surface area contributed by atoms with E-state index in [2.05, 4.69) is 30.4 Å². The van der Waals surface area contributed by atoms with Gasteiger partial charge in [0.15, 0.2) is 11.5 Å². The number of hydrogen-bond acceptors (Lipinski definition) is 9. The van der Waals surface area contributed by atoms with Gasteiger partial charge in [0.1, 0.15) is 5.84 Å². The number of nitrogens with zero attached hydrogens (tertiary/aromatic N) is 8. The van der Waals surface area contributed by atoms with Gasteiger partial charge in [-0.1, -0.05) is 6.92 Å². The highest BCUT2D eigenvalue weighted by atomic mass is 19.3. The van der Waals surface area contributed by atoms with Crippen LogP contribution in [-0.2, 0) is 18.3 Å². The van der Waals surface area contributed by atoms with Crippen molar-refractivity contribution in [2.24, 2.45) is 12.5 Å². The molecule has 1 aliphatic carbocycles. The second-order valence-corrected chi connectivity index (χ2v) is 15.0. The molecule has 7 rings (SSSR count). The van der Waals surface area contributed by atoms with Gasteiger partial charge in [0.2, 0.25) is 6.41 Å². The molecule has 53 heavy (non-hydrogen) atoms. The molecule has 3 fully saturated rings. The lowest BCUT2D eigenvalue weighted by Crippen LogP contribution is -2.67. The molecular formula is C38H48F2N10O3. The van der Waals surface area contributed by atoms with Gasteiger partial charge in [0, 0.05) is 105 Å². The maximum absolute atomic E-state index is 14.6. The number of carbonyl (C=O) groups excluding carboxylic acids is 1. The van der Waals surface area contributed by atoms with E-state index in [1.165, 1.54) is 12.1 Å². The summed E-state index contributed by atoms with van der Waals surface area (Å²) in [6.07, 6.45) is 6.84.